The molecule has 2 rings (SSSR count). The predicted octanol–water partition coefficient (Wildman–Crippen LogP) is 4.12. The molecule has 3 nitrogen and oxygen atoms in total. The Kier molecular flexibility index (Phi) is 4.86. The first-order valence-electron chi connectivity index (χ1n) is 6.83. The van der Waals surface area contributed by atoms with E-state index >= 15 is 0 Å². The van der Waals surface area contributed by atoms with Gasteiger partial charge in [-0.25, -0.2) is 0 Å². The van der Waals surface area contributed by atoms with Gasteiger partial charge in [0.15, 0.2) is 0 Å². The van der Waals surface area contributed by atoms with Gasteiger partial charge in [-0.05, 0) is 43.7 Å². The van der Waals surface area contributed by atoms with E-state index in [1.54, 1.807) is 16.8 Å². The predicted molar refractivity (Wildman–Crippen MR) is 86.6 cm³/mol. The summed E-state index contributed by atoms with van der Waals surface area (Å²) in [6.07, 6.45) is 1.77. The average Bonchev–Trinajstić information content (AvgIpc) is 2.48. The van der Waals surface area contributed by atoms with E-state index in [2.05, 4.69) is 6.58 Å². The Morgan fingerprint density at radius 1 is 1.33 bits per heavy atom. The van der Waals surface area contributed by atoms with Crippen LogP contribution in [0.25, 0.3) is 5.76 Å². The number of rotatable bonds is 5. The lowest BCUT2D eigenvalue weighted by atomic mass is 10.1. The maximum atomic E-state index is 12.6. The van der Waals surface area contributed by atoms with E-state index in [0.29, 0.717) is 23.0 Å². The summed E-state index contributed by atoms with van der Waals surface area (Å²) in [5.74, 6) is 0.403. The molecule has 0 aliphatic heterocycles. The van der Waals surface area contributed by atoms with Gasteiger partial charge >= 0.3 is 0 Å². The summed E-state index contributed by atoms with van der Waals surface area (Å²) >= 11 is 5.90. The minimum Gasteiger partial charge on any atom is -0.494 e. The van der Waals surface area contributed by atoms with Gasteiger partial charge in [-0.1, -0.05) is 30.3 Å². The summed E-state index contributed by atoms with van der Waals surface area (Å²) < 4.78 is 7.01. The first-order valence-corrected chi connectivity index (χ1v) is 7.21. The van der Waals surface area contributed by atoms with E-state index in [1.165, 1.54) is 0 Å². The fraction of sp³-hybridized carbons (Fsp3) is 0.235. The van der Waals surface area contributed by atoms with Crippen molar-refractivity contribution in [1.29, 1.82) is 0 Å². The van der Waals surface area contributed by atoms with Crippen molar-refractivity contribution in [3.63, 3.8) is 0 Å². The summed E-state index contributed by atoms with van der Waals surface area (Å²) in [5.41, 5.74) is 1.39. The molecule has 0 saturated carbocycles. The molecule has 0 aliphatic rings. The lowest BCUT2D eigenvalue weighted by Gasteiger charge is -2.17. The zero-order chi connectivity index (χ0) is 15.4. The minimum atomic E-state index is -0.113. The Morgan fingerprint density at radius 2 is 2.00 bits per heavy atom. The van der Waals surface area contributed by atoms with Crippen molar-refractivity contribution in [2.24, 2.45) is 0 Å². The second kappa shape index (κ2) is 6.64. The summed E-state index contributed by atoms with van der Waals surface area (Å²) in [4.78, 5) is 12.6. The molecule has 0 spiro atoms. The zero-order valence-electron chi connectivity index (χ0n) is 12.2. The maximum absolute atomic E-state index is 12.6. The third-order valence-electron chi connectivity index (χ3n) is 3.36. The highest BCUT2D eigenvalue weighted by Crippen LogP contribution is 2.19. The standard InChI is InChI=1S/C17H18ClNO2/c1-4-21-13(3)16-6-5-11-19(17(16)20)12(2)14-7-9-15(18)10-8-14/h5-12H,3-4H2,1-2H3. The van der Waals surface area contributed by atoms with E-state index < -0.39 is 0 Å². The lowest BCUT2D eigenvalue weighted by Crippen LogP contribution is -2.26. The van der Waals surface area contributed by atoms with Crippen molar-refractivity contribution in [2.75, 3.05) is 6.61 Å². The number of nitrogens with zero attached hydrogens (tertiary/aromatic N) is 1. The van der Waals surface area contributed by atoms with E-state index in [4.69, 9.17) is 16.3 Å². The van der Waals surface area contributed by atoms with Crippen LogP contribution in [0.4, 0.5) is 0 Å². The molecule has 1 aromatic heterocycles. The van der Waals surface area contributed by atoms with Crippen LogP contribution in [0.5, 0.6) is 0 Å². The SMILES string of the molecule is C=C(OCC)c1cccn(C(C)c2ccc(Cl)cc2)c1=O. The Labute approximate surface area is 129 Å². The monoisotopic (exact) mass is 303 g/mol. The number of aromatic nitrogens is 1. The van der Waals surface area contributed by atoms with Gasteiger partial charge in [0, 0.05) is 11.2 Å². The van der Waals surface area contributed by atoms with Gasteiger partial charge < -0.3 is 9.30 Å². The van der Waals surface area contributed by atoms with E-state index in [1.807, 2.05) is 44.2 Å². The van der Waals surface area contributed by atoms with Gasteiger partial charge in [0.05, 0.1) is 18.2 Å². The molecule has 21 heavy (non-hydrogen) atoms. The Balaban J connectivity index is 2.40. The van der Waals surface area contributed by atoms with Gasteiger partial charge in [0.1, 0.15) is 5.76 Å². The topological polar surface area (TPSA) is 31.2 Å². The van der Waals surface area contributed by atoms with Crippen LogP contribution in [0.15, 0.2) is 54.0 Å². The van der Waals surface area contributed by atoms with Crippen LogP contribution < -0.4 is 5.56 Å². The van der Waals surface area contributed by atoms with Gasteiger partial charge in [-0.2, -0.15) is 0 Å². The number of halogens is 1. The van der Waals surface area contributed by atoms with E-state index in [-0.39, 0.29) is 11.6 Å². The zero-order valence-corrected chi connectivity index (χ0v) is 12.9. The Morgan fingerprint density at radius 3 is 2.62 bits per heavy atom. The Hall–Kier alpha value is -2.00. The highest BCUT2D eigenvalue weighted by atomic mass is 35.5. The number of pyridine rings is 1. The van der Waals surface area contributed by atoms with Gasteiger partial charge in [0.25, 0.3) is 5.56 Å². The molecule has 1 aromatic carbocycles. The molecular formula is C17H18ClNO2. The first kappa shape index (κ1) is 15.4. The number of hydrogen-bond donors (Lipinski definition) is 0. The largest absolute Gasteiger partial charge is 0.494 e. The van der Waals surface area contributed by atoms with Crippen molar-refractivity contribution in [3.8, 4) is 0 Å². The normalized spacial score (nSPS) is 12.0. The van der Waals surface area contributed by atoms with E-state index in [9.17, 15) is 4.79 Å². The Bertz CT molecular complexity index is 689. The molecule has 0 saturated heterocycles. The number of hydrogen-bond acceptors (Lipinski definition) is 2. The highest BCUT2D eigenvalue weighted by molar-refractivity contribution is 6.30. The van der Waals surface area contributed by atoms with Crippen molar-refractivity contribution >= 4 is 17.4 Å². The van der Waals surface area contributed by atoms with Crippen LogP contribution in [-0.2, 0) is 4.74 Å². The first-order chi connectivity index (χ1) is 10.0. The molecule has 4 heteroatoms. The fourth-order valence-electron chi connectivity index (χ4n) is 2.18. The third kappa shape index (κ3) is 3.37. The molecular weight excluding hydrogens is 286 g/mol. The molecule has 0 amide bonds. The summed E-state index contributed by atoms with van der Waals surface area (Å²) in [7, 11) is 0. The molecule has 0 aliphatic carbocycles. The molecule has 0 fully saturated rings. The molecule has 0 radical (unpaired) electrons. The molecule has 2 aromatic rings. The van der Waals surface area contributed by atoms with Crippen LogP contribution in [0.2, 0.25) is 5.02 Å². The quantitative estimate of drug-likeness (QED) is 0.778. The maximum Gasteiger partial charge on any atom is 0.262 e. The van der Waals surface area contributed by atoms with Crippen LogP contribution in [-0.4, -0.2) is 11.2 Å². The molecule has 110 valence electrons. The number of ether oxygens (including phenoxy) is 1. The van der Waals surface area contributed by atoms with Crippen LogP contribution >= 0.6 is 11.6 Å². The highest BCUT2D eigenvalue weighted by Gasteiger charge is 2.13. The van der Waals surface area contributed by atoms with Crippen LogP contribution in [0.1, 0.15) is 31.0 Å². The molecule has 1 atom stereocenters. The van der Waals surface area contributed by atoms with Crippen LogP contribution in [0, 0.1) is 0 Å². The third-order valence-corrected chi connectivity index (χ3v) is 3.62. The van der Waals surface area contributed by atoms with Gasteiger partial charge in [-0.15, -0.1) is 0 Å². The molecule has 0 N–H and O–H groups in total. The van der Waals surface area contributed by atoms with Crippen molar-refractivity contribution in [1.82, 2.24) is 4.57 Å². The number of benzene rings is 1. The van der Waals surface area contributed by atoms with Crippen LogP contribution in [0.3, 0.4) is 0 Å². The van der Waals surface area contributed by atoms with E-state index in [0.717, 1.165) is 5.56 Å². The van der Waals surface area contributed by atoms with Gasteiger partial charge in [-0.3, -0.25) is 4.79 Å². The minimum absolute atomic E-state index is 0.0934. The average molecular weight is 304 g/mol. The second-order valence-corrected chi connectivity index (χ2v) is 5.15. The van der Waals surface area contributed by atoms with Crippen molar-refractivity contribution in [3.05, 3.63) is 75.7 Å². The molecule has 0 bridgehead atoms. The summed E-state index contributed by atoms with van der Waals surface area (Å²) in [5, 5.41) is 0.678. The fourth-order valence-corrected chi connectivity index (χ4v) is 2.31. The molecule has 1 unspecified atom stereocenters. The smallest absolute Gasteiger partial charge is 0.262 e. The summed E-state index contributed by atoms with van der Waals surface area (Å²) in [6, 6.07) is 10.9. The lowest BCUT2D eigenvalue weighted by molar-refractivity contribution is 0.298. The van der Waals surface area contributed by atoms with Crippen molar-refractivity contribution < 1.29 is 4.74 Å². The summed E-state index contributed by atoms with van der Waals surface area (Å²) in [6.45, 7) is 8.13. The van der Waals surface area contributed by atoms with Crippen molar-refractivity contribution in [2.45, 2.75) is 19.9 Å². The molecule has 1 heterocycles. The second-order valence-electron chi connectivity index (χ2n) is 4.72. The van der Waals surface area contributed by atoms with Gasteiger partial charge in [0.2, 0.25) is 0 Å².